The minimum absolute atomic E-state index is 0.0186. The third-order valence-electron chi connectivity index (χ3n) is 3.22. The Balaban J connectivity index is 2.24. The number of amides is 2. The second kappa shape index (κ2) is 6.18. The van der Waals surface area contributed by atoms with Crippen molar-refractivity contribution in [1.29, 1.82) is 0 Å². The first-order valence-corrected chi connectivity index (χ1v) is 6.37. The van der Waals surface area contributed by atoms with Crippen LogP contribution in [0.5, 0.6) is 0 Å². The first kappa shape index (κ1) is 14.7. The van der Waals surface area contributed by atoms with Crippen molar-refractivity contribution in [1.82, 2.24) is 10.6 Å². The van der Waals surface area contributed by atoms with Crippen LogP contribution in [-0.2, 0) is 4.79 Å². The molecule has 0 radical (unpaired) electrons. The van der Waals surface area contributed by atoms with Crippen molar-refractivity contribution in [2.45, 2.75) is 18.9 Å². The third-order valence-corrected chi connectivity index (χ3v) is 3.22. The molecule has 1 unspecified atom stereocenters. The number of carbonyl (C=O) groups is 2. The maximum atomic E-state index is 12.2. The number of nitrogen functional groups attached to an aromatic ring is 1. The van der Waals surface area contributed by atoms with E-state index in [0.29, 0.717) is 13.0 Å². The van der Waals surface area contributed by atoms with E-state index in [1.54, 1.807) is 0 Å². The van der Waals surface area contributed by atoms with Crippen LogP contribution in [0.15, 0.2) is 18.2 Å². The number of nitrogens with zero attached hydrogens (tertiary/aromatic N) is 1. The smallest absolute Gasteiger partial charge is 0.294 e. The standard InChI is InChI=1S/C12H15N5O4/c13-16-10-7(3-1-5-9(10)17(20)21)11(18)15-8-4-2-6-14-12(8)19/h1,3,5,8,16H,2,4,6,13H2,(H,14,19)(H,15,18). The number of hydrogen-bond donors (Lipinski definition) is 4. The van der Waals surface area contributed by atoms with Gasteiger partial charge in [0.1, 0.15) is 11.7 Å². The number of nitro benzene ring substituents is 1. The molecule has 0 saturated carbocycles. The highest BCUT2D eigenvalue weighted by Gasteiger charge is 2.27. The molecule has 1 fully saturated rings. The molecule has 2 amide bonds. The second-order valence-electron chi connectivity index (χ2n) is 4.56. The van der Waals surface area contributed by atoms with Crippen molar-refractivity contribution < 1.29 is 14.5 Å². The quantitative estimate of drug-likeness (QED) is 0.347. The van der Waals surface area contributed by atoms with Crippen LogP contribution in [0.4, 0.5) is 11.4 Å². The lowest BCUT2D eigenvalue weighted by Crippen LogP contribution is -2.50. The van der Waals surface area contributed by atoms with Crippen LogP contribution in [-0.4, -0.2) is 29.3 Å². The van der Waals surface area contributed by atoms with Crippen molar-refractivity contribution >= 4 is 23.2 Å². The molecule has 5 N–H and O–H groups in total. The highest BCUT2D eigenvalue weighted by Crippen LogP contribution is 2.27. The zero-order valence-electron chi connectivity index (χ0n) is 11.1. The molecule has 1 aromatic carbocycles. The Hall–Kier alpha value is -2.68. The number of nitrogens with one attached hydrogen (secondary N) is 3. The van der Waals surface area contributed by atoms with Gasteiger partial charge in [-0.25, -0.2) is 0 Å². The molecular weight excluding hydrogens is 278 g/mol. The van der Waals surface area contributed by atoms with Gasteiger partial charge in [0.2, 0.25) is 5.91 Å². The number of anilines is 1. The van der Waals surface area contributed by atoms with Crippen LogP contribution >= 0.6 is 0 Å². The molecule has 9 nitrogen and oxygen atoms in total. The number of rotatable bonds is 4. The van der Waals surface area contributed by atoms with E-state index >= 15 is 0 Å². The molecule has 0 aliphatic carbocycles. The molecule has 9 heteroatoms. The van der Waals surface area contributed by atoms with E-state index in [2.05, 4.69) is 16.1 Å². The molecule has 21 heavy (non-hydrogen) atoms. The zero-order chi connectivity index (χ0) is 15.4. The summed E-state index contributed by atoms with van der Waals surface area (Å²) in [6.45, 7) is 0.581. The van der Waals surface area contributed by atoms with Gasteiger partial charge in [0.25, 0.3) is 11.6 Å². The highest BCUT2D eigenvalue weighted by atomic mass is 16.6. The fourth-order valence-corrected chi connectivity index (χ4v) is 2.18. The fourth-order valence-electron chi connectivity index (χ4n) is 2.18. The lowest BCUT2D eigenvalue weighted by atomic mass is 10.1. The van der Waals surface area contributed by atoms with E-state index in [1.807, 2.05) is 0 Å². The summed E-state index contributed by atoms with van der Waals surface area (Å²) in [7, 11) is 0. The van der Waals surface area contributed by atoms with Gasteiger partial charge < -0.3 is 16.1 Å². The Morgan fingerprint density at radius 1 is 1.48 bits per heavy atom. The van der Waals surface area contributed by atoms with E-state index < -0.39 is 16.9 Å². The van der Waals surface area contributed by atoms with Gasteiger partial charge in [0.05, 0.1) is 10.5 Å². The van der Waals surface area contributed by atoms with Crippen LogP contribution in [0.1, 0.15) is 23.2 Å². The van der Waals surface area contributed by atoms with Gasteiger partial charge in [-0.1, -0.05) is 6.07 Å². The van der Waals surface area contributed by atoms with Crippen molar-refractivity contribution in [3.05, 3.63) is 33.9 Å². The van der Waals surface area contributed by atoms with Crippen molar-refractivity contribution in [3.63, 3.8) is 0 Å². The predicted molar refractivity (Wildman–Crippen MR) is 74.4 cm³/mol. The Morgan fingerprint density at radius 2 is 2.24 bits per heavy atom. The minimum atomic E-state index is -0.642. The summed E-state index contributed by atoms with van der Waals surface area (Å²) >= 11 is 0. The topological polar surface area (TPSA) is 139 Å². The Kier molecular flexibility index (Phi) is 4.33. The van der Waals surface area contributed by atoms with Crippen LogP contribution in [0, 0.1) is 10.1 Å². The predicted octanol–water partition coefficient (Wildman–Crippen LogP) is -0.111. The summed E-state index contributed by atoms with van der Waals surface area (Å²) in [6, 6.07) is 3.38. The first-order valence-electron chi connectivity index (χ1n) is 6.37. The Bertz CT molecular complexity index is 589. The zero-order valence-corrected chi connectivity index (χ0v) is 11.1. The Labute approximate surface area is 120 Å². The molecule has 1 aromatic rings. The molecule has 1 atom stereocenters. The number of carbonyl (C=O) groups excluding carboxylic acids is 2. The SMILES string of the molecule is NNc1c(C(=O)NC2CCCNC2=O)cccc1[N+](=O)[O-]. The van der Waals surface area contributed by atoms with Crippen molar-refractivity contribution in [3.8, 4) is 0 Å². The number of benzene rings is 1. The largest absolute Gasteiger partial charge is 0.354 e. The average molecular weight is 293 g/mol. The fraction of sp³-hybridized carbons (Fsp3) is 0.333. The monoisotopic (exact) mass is 293 g/mol. The van der Waals surface area contributed by atoms with Crippen molar-refractivity contribution in [2.24, 2.45) is 5.84 Å². The molecule has 0 aromatic heterocycles. The van der Waals surface area contributed by atoms with Gasteiger partial charge >= 0.3 is 0 Å². The molecule has 112 valence electrons. The number of hydrogen-bond acceptors (Lipinski definition) is 6. The van der Waals surface area contributed by atoms with Gasteiger partial charge in [0.15, 0.2) is 0 Å². The number of piperidine rings is 1. The van der Waals surface area contributed by atoms with Gasteiger partial charge in [-0.15, -0.1) is 0 Å². The minimum Gasteiger partial charge on any atom is -0.354 e. The lowest BCUT2D eigenvalue weighted by molar-refractivity contribution is -0.384. The molecule has 1 aliphatic rings. The van der Waals surface area contributed by atoms with Crippen LogP contribution in [0.3, 0.4) is 0 Å². The van der Waals surface area contributed by atoms with E-state index in [4.69, 9.17) is 5.84 Å². The second-order valence-corrected chi connectivity index (χ2v) is 4.56. The van der Waals surface area contributed by atoms with E-state index in [-0.39, 0.29) is 22.8 Å². The summed E-state index contributed by atoms with van der Waals surface area (Å²) in [5.41, 5.74) is 1.80. The summed E-state index contributed by atoms with van der Waals surface area (Å²) in [5.74, 6) is 4.42. The normalized spacial score (nSPS) is 17.8. The molecular formula is C12H15N5O4. The lowest BCUT2D eigenvalue weighted by Gasteiger charge is -2.23. The third kappa shape index (κ3) is 3.08. The number of hydrazine groups is 1. The van der Waals surface area contributed by atoms with E-state index in [1.165, 1.54) is 18.2 Å². The summed E-state index contributed by atoms with van der Waals surface area (Å²) in [4.78, 5) is 34.1. The van der Waals surface area contributed by atoms with Crippen LogP contribution < -0.4 is 21.9 Å². The summed E-state index contributed by atoms with van der Waals surface area (Å²) in [5, 5.41) is 16.1. The van der Waals surface area contributed by atoms with Gasteiger partial charge in [-0.2, -0.15) is 0 Å². The summed E-state index contributed by atoms with van der Waals surface area (Å²) < 4.78 is 0. The molecule has 0 spiro atoms. The molecule has 1 saturated heterocycles. The van der Waals surface area contributed by atoms with Crippen LogP contribution in [0.2, 0.25) is 0 Å². The average Bonchev–Trinajstić information content (AvgIpc) is 2.48. The molecule has 1 aliphatic heterocycles. The maximum Gasteiger partial charge on any atom is 0.294 e. The highest BCUT2D eigenvalue weighted by molar-refractivity contribution is 6.03. The van der Waals surface area contributed by atoms with Gasteiger partial charge in [-0.05, 0) is 18.9 Å². The summed E-state index contributed by atoms with van der Waals surface area (Å²) in [6.07, 6.45) is 1.28. The molecule has 2 rings (SSSR count). The van der Waals surface area contributed by atoms with Crippen LogP contribution in [0.25, 0.3) is 0 Å². The van der Waals surface area contributed by atoms with Crippen molar-refractivity contribution in [2.75, 3.05) is 12.0 Å². The van der Waals surface area contributed by atoms with Gasteiger partial charge in [-0.3, -0.25) is 25.5 Å². The number of nitro groups is 1. The van der Waals surface area contributed by atoms with E-state index in [9.17, 15) is 19.7 Å². The number of para-hydroxylation sites is 1. The Morgan fingerprint density at radius 3 is 2.86 bits per heavy atom. The molecule has 0 bridgehead atoms. The maximum absolute atomic E-state index is 12.2. The number of nitrogens with two attached hydrogens (primary N) is 1. The molecule has 1 heterocycles. The van der Waals surface area contributed by atoms with Gasteiger partial charge in [0, 0.05) is 12.6 Å². The first-order chi connectivity index (χ1) is 10.0. The van der Waals surface area contributed by atoms with E-state index in [0.717, 1.165) is 6.42 Å².